The number of ether oxygens (including phenoxy) is 2. The van der Waals surface area contributed by atoms with Crippen LogP contribution >= 0.6 is 0 Å². The summed E-state index contributed by atoms with van der Waals surface area (Å²) in [4.78, 5) is 39.5. The van der Waals surface area contributed by atoms with Crippen LogP contribution in [-0.2, 0) is 16.1 Å². The molecule has 4 aromatic rings. The summed E-state index contributed by atoms with van der Waals surface area (Å²) in [6.07, 6.45) is 1.66. The second kappa shape index (κ2) is 11.5. The molecule has 0 spiro atoms. The lowest BCUT2D eigenvalue weighted by Crippen LogP contribution is -2.40. The van der Waals surface area contributed by atoms with Gasteiger partial charge in [0.25, 0.3) is 0 Å². The van der Waals surface area contributed by atoms with Gasteiger partial charge in [-0.05, 0) is 41.8 Å². The average Bonchev–Trinajstić information content (AvgIpc) is 3.51. The molecular formula is C30H31N3O6. The van der Waals surface area contributed by atoms with Crippen molar-refractivity contribution in [2.24, 2.45) is 0 Å². The fourth-order valence-electron chi connectivity index (χ4n) is 5.05. The van der Waals surface area contributed by atoms with Crippen molar-refractivity contribution in [3.63, 3.8) is 0 Å². The number of imidazole rings is 1. The van der Waals surface area contributed by atoms with Gasteiger partial charge in [-0.2, -0.15) is 0 Å². The number of aliphatic carboxylic acids is 1. The topological polar surface area (TPSA) is 112 Å². The van der Waals surface area contributed by atoms with E-state index in [1.807, 2.05) is 61.5 Å². The molecule has 1 aliphatic rings. The van der Waals surface area contributed by atoms with E-state index in [9.17, 15) is 19.5 Å². The van der Waals surface area contributed by atoms with Gasteiger partial charge in [0.05, 0.1) is 30.0 Å². The molecule has 2 atom stereocenters. The fourth-order valence-corrected chi connectivity index (χ4v) is 5.05. The average molecular weight is 530 g/mol. The number of fused-ring (bicyclic) bond motifs is 2. The van der Waals surface area contributed by atoms with Crippen LogP contribution in [0.3, 0.4) is 0 Å². The maximum atomic E-state index is 13.9. The first-order valence-corrected chi connectivity index (χ1v) is 13.1. The Kier molecular flexibility index (Phi) is 7.67. The molecule has 1 unspecified atom stereocenters. The number of hydrogen-bond acceptors (Lipinski definition) is 5. The predicted molar refractivity (Wildman–Crippen MR) is 146 cm³/mol. The van der Waals surface area contributed by atoms with Crippen molar-refractivity contribution < 1.29 is 24.2 Å². The predicted octanol–water partition coefficient (Wildman–Crippen LogP) is 4.64. The van der Waals surface area contributed by atoms with Crippen molar-refractivity contribution >= 4 is 22.9 Å². The first-order valence-electron chi connectivity index (χ1n) is 13.1. The third kappa shape index (κ3) is 5.52. The van der Waals surface area contributed by atoms with Gasteiger partial charge >= 0.3 is 11.7 Å². The molecule has 1 aliphatic heterocycles. The number of benzene rings is 3. The Hall–Kier alpha value is -4.53. The number of nitrogens with zero attached hydrogens (tertiary/aromatic N) is 2. The summed E-state index contributed by atoms with van der Waals surface area (Å²) < 4.78 is 14.1. The lowest BCUT2D eigenvalue weighted by molar-refractivity contribution is -0.138. The Bertz CT molecular complexity index is 1540. The number of rotatable bonds is 11. The van der Waals surface area contributed by atoms with E-state index in [-0.39, 0.29) is 18.9 Å². The number of amides is 1. The van der Waals surface area contributed by atoms with Crippen molar-refractivity contribution in [3.05, 3.63) is 94.4 Å². The zero-order chi connectivity index (χ0) is 27.4. The molecule has 1 amide bonds. The van der Waals surface area contributed by atoms with Crippen molar-refractivity contribution in [3.8, 4) is 11.5 Å². The number of para-hydroxylation sites is 2. The van der Waals surface area contributed by atoms with E-state index in [0.717, 1.165) is 23.9 Å². The van der Waals surface area contributed by atoms with Gasteiger partial charge in [-0.25, -0.2) is 4.79 Å². The van der Waals surface area contributed by atoms with E-state index in [4.69, 9.17) is 9.47 Å². The Balaban J connectivity index is 1.52. The van der Waals surface area contributed by atoms with Crippen LogP contribution in [0.4, 0.5) is 0 Å². The molecule has 0 radical (unpaired) electrons. The molecule has 39 heavy (non-hydrogen) atoms. The van der Waals surface area contributed by atoms with Crippen molar-refractivity contribution in [2.75, 3.05) is 6.79 Å². The number of carboxylic acid groups (broad SMARTS) is 1. The van der Waals surface area contributed by atoms with Crippen LogP contribution in [0.15, 0.2) is 77.6 Å². The van der Waals surface area contributed by atoms with Crippen LogP contribution < -0.4 is 20.5 Å². The third-order valence-corrected chi connectivity index (χ3v) is 6.99. The molecule has 0 saturated carbocycles. The number of carboxylic acids is 1. The van der Waals surface area contributed by atoms with E-state index in [0.29, 0.717) is 35.5 Å². The summed E-state index contributed by atoms with van der Waals surface area (Å²) in [7, 11) is 0. The first kappa shape index (κ1) is 26.1. The fraction of sp³-hybridized carbons (Fsp3) is 0.300. The highest BCUT2D eigenvalue weighted by atomic mass is 16.7. The normalized spacial score (nSPS) is 13.8. The minimum atomic E-state index is -1.06. The molecule has 202 valence electrons. The number of carbonyl (C=O) groups is 2. The van der Waals surface area contributed by atoms with E-state index in [2.05, 4.69) is 5.32 Å². The molecular weight excluding hydrogens is 498 g/mol. The van der Waals surface area contributed by atoms with Crippen molar-refractivity contribution in [1.82, 2.24) is 14.5 Å². The second-order valence-electron chi connectivity index (χ2n) is 9.64. The van der Waals surface area contributed by atoms with Crippen LogP contribution in [0, 0.1) is 0 Å². The number of aromatic nitrogens is 2. The largest absolute Gasteiger partial charge is 0.481 e. The second-order valence-corrected chi connectivity index (χ2v) is 9.64. The van der Waals surface area contributed by atoms with Crippen LogP contribution in [-0.4, -0.2) is 32.9 Å². The Labute approximate surface area is 225 Å². The van der Waals surface area contributed by atoms with Crippen molar-refractivity contribution in [2.45, 2.75) is 51.2 Å². The van der Waals surface area contributed by atoms with E-state index in [1.165, 1.54) is 0 Å². The van der Waals surface area contributed by atoms with E-state index >= 15 is 0 Å². The molecule has 0 fully saturated rings. The maximum Gasteiger partial charge on any atom is 0.330 e. The quantitative estimate of drug-likeness (QED) is 0.293. The van der Waals surface area contributed by atoms with E-state index in [1.54, 1.807) is 27.3 Å². The molecule has 3 aromatic carbocycles. The van der Waals surface area contributed by atoms with Gasteiger partial charge in [-0.3, -0.25) is 18.7 Å². The summed E-state index contributed by atoms with van der Waals surface area (Å²) in [5, 5.41) is 12.5. The van der Waals surface area contributed by atoms with Gasteiger partial charge in [-0.1, -0.05) is 68.3 Å². The SMILES string of the molecule is CCCCC(C(=O)N[C@@H](CC(=O)O)c1ccc2c(c1)OCO2)n1c(=O)n(Cc2ccccc2)c2ccccc21. The number of carbonyl (C=O) groups excluding carboxylic acids is 1. The maximum absolute atomic E-state index is 13.9. The Morgan fingerprint density at radius 1 is 0.974 bits per heavy atom. The van der Waals surface area contributed by atoms with Crippen LogP contribution in [0.2, 0.25) is 0 Å². The summed E-state index contributed by atoms with van der Waals surface area (Å²) in [5.41, 5.74) is 2.67. The Morgan fingerprint density at radius 2 is 1.69 bits per heavy atom. The van der Waals surface area contributed by atoms with Crippen LogP contribution in [0.25, 0.3) is 11.0 Å². The summed E-state index contributed by atoms with van der Waals surface area (Å²) >= 11 is 0. The molecule has 0 saturated heterocycles. The molecule has 2 heterocycles. The highest BCUT2D eigenvalue weighted by Crippen LogP contribution is 2.35. The highest BCUT2D eigenvalue weighted by Gasteiger charge is 2.29. The molecule has 9 nitrogen and oxygen atoms in total. The van der Waals surface area contributed by atoms with Gasteiger partial charge in [0, 0.05) is 0 Å². The monoisotopic (exact) mass is 529 g/mol. The highest BCUT2D eigenvalue weighted by molar-refractivity contribution is 5.85. The minimum Gasteiger partial charge on any atom is -0.481 e. The van der Waals surface area contributed by atoms with Gasteiger partial charge in [0.1, 0.15) is 6.04 Å². The standard InChI is InChI=1S/C30H31N3O6/c1-2-3-11-25(29(36)31-22(17-28(34)35)21-14-15-26-27(16-21)39-19-38-26)33-24-13-8-7-12-23(24)32(30(33)37)18-20-9-5-4-6-10-20/h4-10,12-16,22,25H,2-3,11,17-19H2,1H3,(H,31,36)(H,34,35)/t22-,25?/m0/s1. The van der Waals surface area contributed by atoms with Crippen LogP contribution in [0.5, 0.6) is 11.5 Å². The van der Waals surface area contributed by atoms with Gasteiger partial charge < -0.3 is 19.9 Å². The van der Waals surface area contributed by atoms with Gasteiger partial charge in [-0.15, -0.1) is 0 Å². The molecule has 9 heteroatoms. The van der Waals surface area contributed by atoms with Gasteiger partial charge in [0.2, 0.25) is 12.7 Å². The van der Waals surface area contributed by atoms with E-state index < -0.39 is 24.0 Å². The smallest absolute Gasteiger partial charge is 0.330 e. The zero-order valence-corrected chi connectivity index (χ0v) is 21.7. The third-order valence-electron chi connectivity index (χ3n) is 6.99. The lowest BCUT2D eigenvalue weighted by atomic mass is 10.0. The number of nitrogens with one attached hydrogen (secondary N) is 1. The first-order chi connectivity index (χ1) is 19.0. The zero-order valence-electron chi connectivity index (χ0n) is 21.7. The molecule has 1 aromatic heterocycles. The lowest BCUT2D eigenvalue weighted by Gasteiger charge is -2.23. The molecule has 0 bridgehead atoms. The molecule has 5 rings (SSSR count). The molecule has 2 N–H and O–H groups in total. The van der Waals surface area contributed by atoms with Crippen molar-refractivity contribution in [1.29, 1.82) is 0 Å². The summed E-state index contributed by atoms with van der Waals surface area (Å²) in [5.74, 6) is -0.394. The summed E-state index contributed by atoms with van der Waals surface area (Å²) in [6.45, 7) is 2.48. The molecule has 0 aliphatic carbocycles. The van der Waals surface area contributed by atoms with Gasteiger partial charge in [0.15, 0.2) is 11.5 Å². The number of unbranched alkanes of at least 4 members (excludes halogenated alkanes) is 1. The number of hydrogen-bond donors (Lipinski definition) is 2. The summed E-state index contributed by atoms with van der Waals surface area (Å²) in [6, 6.07) is 20.6. The minimum absolute atomic E-state index is 0.0871. The Morgan fingerprint density at radius 3 is 2.44 bits per heavy atom. The van der Waals surface area contributed by atoms with Crippen LogP contribution in [0.1, 0.15) is 55.8 Å².